The van der Waals surface area contributed by atoms with E-state index >= 15 is 0 Å². The standard InChI is InChI=1S/C11H19N3O3S2/c1-2-4-18-7-10-13-11(17-14-10)6-12-9-3-5-19(15,16)8-9/h9,12H,2-8H2,1H3. The van der Waals surface area contributed by atoms with Crippen molar-refractivity contribution in [2.45, 2.75) is 38.1 Å². The van der Waals surface area contributed by atoms with Crippen molar-refractivity contribution in [1.29, 1.82) is 0 Å². The van der Waals surface area contributed by atoms with Gasteiger partial charge >= 0.3 is 0 Å². The van der Waals surface area contributed by atoms with Crippen molar-refractivity contribution < 1.29 is 12.9 Å². The van der Waals surface area contributed by atoms with Gasteiger partial charge in [-0.1, -0.05) is 12.1 Å². The predicted molar refractivity (Wildman–Crippen MR) is 74.6 cm³/mol. The number of aromatic nitrogens is 2. The number of nitrogens with one attached hydrogen (secondary N) is 1. The molecule has 0 saturated carbocycles. The van der Waals surface area contributed by atoms with E-state index in [1.165, 1.54) is 0 Å². The first kappa shape index (κ1) is 14.8. The normalized spacial score (nSPS) is 21.8. The summed E-state index contributed by atoms with van der Waals surface area (Å²) >= 11 is 1.78. The highest BCUT2D eigenvalue weighted by molar-refractivity contribution is 7.98. The second-order valence-electron chi connectivity index (χ2n) is 4.64. The van der Waals surface area contributed by atoms with Crippen LogP contribution in [0, 0.1) is 0 Å². The molecular formula is C11H19N3O3S2. The smallest absolute Gasteiger partial charge is 0.240 e. The molecule has 2 rings (SSSR count). The van der Waals surface area contributed by atoms with Crippen LogP contribution in [0.25, 0.3) is 0 Å². The summed E-state index contributed by atoms with van der Waals surface area (Å²) < 4.78 is 27.7. The molecule has 6 nitrogen and oxygen atoms in total. The highest BCUT2D eigenvalue weighted by Gasteiger charge is 2.27. The molecule has 108 valence electrons. The first-order valence-electron chi connectivity index (χ1n) is 6.42. The first-order valence-corrected chi connectivity index (χ1v) is 9.39. The van der Waals surface area contributed by atoms with Crippen molar-refractivity contribution in [3.8, 4) is 0 Å². The van der Waals surface area contributed by atoms with E-state index in [9.17, 15) is 8.42 Å². The summed E-state index contributed by atoms with van der Waals surface area (Å²) in [5.41, 5.74) is 0. The zero-order chi connectivity index (χ0) is 13.7. The van der Waals surface area contributed by atoms with Gasteiger partial charge in [-0.15, -0.1) is 0 Å². The minimum absolute atomic E-state index is 0.00909. The summed E-state index contributed by atoms with van der Waals surface area (Å²) in [6.07, 6.45) is 1.79. The van der Waals surface area contributed by atoms with Gasteiger partial charge in [0.25, 0.3) is 0 Å². The predicted octanol–water partition coefficient (Wildman–Crippen LogP) is 0.990. The van der Waals surface area contributed by atoms with Gasteiger partial charge in [-0.05, 0) is 18.6 Å². The monoisotopic (exact) mass is 305 g/mol. The quantitative estimate of drug-likeness (QED) is 0.752. The van der Waals surface area contributed by atoms with E-state index in [0.29, 0.717) is 24.7 Å². The van der Waals surface area contributed by atoms with E-state index in [1.807, 2.05) is 0 Å². The topological polar surface area (TPSA) is 85.1 Å². The number of thioether (sulfide) groups is 1. The molecule has 0 radical (unpaired) electrons. The molecule has 1 N–H and O–H groups in total. The van der Waals surface area contributed by atoms with Crippen LogP contribution in [0.4, 0.5) is 0 Å². The van der Waals surface area contributed by atoms with Crippen LogP contribution in [0.3, 0.4) is 0 Å². The summed E-state index contributed by atoms with van der Waals surface area (Å²) in [5, 5.41) is 7.05. The van der Waals surface area contributed by atoms with Gasteiger partial charge in [0.2, 0.25) is 5.89 Å². The van der Waals surface area contributed by atoms with Gasteiger partial charge in [0.1, 0.15) is 0 Å². The molecule has 0 aliphatic carbocycles. The molecule has 1 aliphatic rings. The molecular weight excluding hydrogens is 286 g/mol. The second-order valence-corrected chi connectivity index (χ2v) is 7.97. The maximum absolute atomic E-state index is 11.3. The van der Waals surface area contributed by atoms with Crippen LogP contribution in [-0.4, -0.2) is 41.9 Å². The lowest BCUT2D eigenvalue weighted by atomic mass is 10.3. The second kappa shape index (κ2) is 6.71. The lowest BCUT2D eigenvalue weighted by molar-refractivity contribution is 0.357. The number of sulfone groups is 1. The fourth-order valence-corrected chi connectivity index (χ4v) is 4.36. The van der Waals surface area contributed by atoms with Crippen LogP contribution in [-0.2, 0) is 22.1 Å². The Bertz CT molecular complexity index is 501. The third kappa shape index (κ3) is 4.77. The molecule has 0 amide bonds. The largest absolute Gasteiger partial charge is 0.338 e. The van der Waals surface area contributed by atoms with Crippen LogP contribution in [0.5, 0.6) is 0 Å². The SMILES string of the molecule is CCCSCc1noc(CNC2CCS(=O)(=O)C2)n1. The molecule has 1 aliphatic heterocycles. The average Bonchev–Trinajstić information content (AvgIpc) is 2.94. The Balaban J connectivity index is 1.74. The first-order chi connectivity index (χ1) is 9.09. The maximum Gasteiger partial charge on any atom is 0.240 e. The zero-order valence-corrected chi connectivity index (χ0v) is 12.6. The number of nitrogens with zero attached hydrogens (tertiary/aromatic N) is 2. The van der Waals surface area contributed by atoms with Crippen LogP contribution in [0.1, 0.15) is 31.5 Å². The van der Waals surface area contributed by atoms with E-state index in [0.717, 1.165) is 17.9 Å². The van der Waals surface area contributed by atoms with Crippen LogP contribution in [0.2, 0.25) is 0 Å². The van der Waals surface area contributed by atoms with Gasteiger partial charge in [0, 0.05) is 6.04 Å². The summed E-state index contributed by atoms with van der Waals surface area (Å²) in [6.45, 7) is 2.57. The molecule has 19 heavy (non-hydrogen) atoms. The molecule has 1 aromatic rings. The summed E-state index contributed by atoms with van der Waals surface area (Å²) in [5.74, 6) is 3.55. The molecule has 8 heteroatoms. The Morgan fingerprint density at radius 3 is 3.05 bits per heavy atom. The van der Waals surface area contributed by atoms with Gasteiger partial charge in [0.15, 0.2) is 15.7 Å². The Labute approximate surface area is 117 Å². The Morgan fingerprint density at radius 2 is 2.37 bits per heavy atom. The minimum Gasteiger partial charge on any atom is -0.338 e. The molecule has 1 saturated heterocycles. The summed E-state index contributed by atoms with van der Waals surface area (Å²) in [4.78, 5) is 4.27. The van der Waals surface area contributed by atoms with Gasteiger partial charge in [-0.2, -0.15) is 16.7 Å². The molecule has 0 spiro atoms. The molecule has 1 aromatic heterocycles. The van der Waals surface area contributed by atoms with E-state index in [2.05, 4.69) is 22.4 Å². The van der Waals surface area contributed by atoms with Crippen molar-refractivity contribution in [2.24, 2.45) is 0 Å². The van der Waals surface area contributed by atoms with Crippen LogP contribution in [0.15, 0.2) is 4.52 Å². The average molecular weight is 305 g/mol. The van der Waals surface area contributed by atoms with Gasteiger partial charge < -0.3 is 9.84 Å². The van der Waals surface area contributed by atoms with Crippen molar-refractivity contribution in [3.63, 3.8) is 0 Å². The van der Waals surface area contributed by atoms with E-state index < -0.39 is 9.84 Å². The fraction of sp³-hybridized carbons (Fsp3) is 0.818. The Morgan fingerprint density at radius 1 is 1.53 bits per heavy atom. The number of rotatable bonds is 7. The maximum atomic E-state index is 11.3. The summed E-state index contributed by atoms with van der Waals surface area (Å²) in [6, 6.07) is 0.00909. The lowest BCUT2D eigenvalue weighted by Gasteiger charge is -2.07. The molecule has 0 bridgehead atoms. The molecule has 1 atom stereocenters. The molecule has 1 fully saturated rings. The van der Waals surface area contributed by atoms with Crippen LogP contribution >= 0.6 is 11.8 Å². The number of hydrogen-bond acceptors (Lipinski definition) is 7. The highest BCUT2D eigenvalue weighted by atomic mass is 32.2. The van der Waals surface area contributed by atoms with Crippen molar-refractivity contribution in [3.05, 3.63) is 11.7 Å². The van der Waals surface area contributed by atoms with Gasteiger partial charge in [0.05, 0.1) is 23.8 Å². The fourth-order valence-electron chi connectivity index (χ4n) is 1.92. The van der Waals surface area contributed by atoms with Crippen molar-refractivity contribution in [2.75, 3.05) is 17.3 Å². The van der Waals surface area contributed by atoms with Crippen molar-refractivity contribution >= 4 is 21.6 Å². The van der Waals surface area contributed by atoms with Crippen LogP contribution < -0.4 is 5.32 Å². The lowest BCUT2D eigenvalue weighted by Crippen LogP contribution is -2.29. The van der Waals surface area contributed by atoms with Crippen molar-refractivity contribution in [1.82, 2.24) is 15.5 Å². The minimum atomic E-state index is -2.84. The zero-order valence-electron chi connectivity index (χ0n) is 11.0. The van der Waals surface area contributed by atoms with E-state index in [1.54, 1.807) is 11.8 Å². The third-order valence-corrected chi connectivity index (χ3v) is 5.79. The molecule has 1 unspecified atom stereocenters. The van der Waals surface area contributed by atoms with E-state index in [-0.39, 0.29) is 17.5 Å². The summed E-state index contributed by atoms with van der Waals surface area (Å²) in [7, 11) is -2.84. The molecule has 0 aromatic carbocycles. The Kier molecular flexibility index (Phi) is 5.23. The van der Waals surface area contributed by atoms with E-state index in [4.69, 9.17) is 4.52 Å². The highest BCUT2D eigenvalue weighted by Crippen LogP contribution is 2.13. The van der Waals surface area contributed by atoms with Gasteiger partial charge in [-0.3, -0.25) is 0 Å². The molecule has 2 heterocycles. The Hall–Kier alpha value is -0.600. The van der Waals surface area contributed by atoms with Gasteiger partial charge in [-0.25, -0.2) is 8.42 Å². The third-order valence-electron chi connectivity index (χ3n) is 2.86. The number of hydrogen-bond donors (Lipinski definition) is 1.